The first kappa shape index (κ1) is 22.8. The van der Waals surface area contributed by atoms with Gasteiger partial charge in [0.15, 0.2) is 11.7 Å². The van der Waals surface area contributed by atoms with Crippen LogP contribution in [0.3, 0.4) is 0 Å². The van der Waals surface area contributed by atoms with Crippen LogP contribution in [0.1, 0.15) is 65.0 Å². The summed E-state index contributed by atoms with van der Waals surface area (Å²) in [5.74, 6) is -0.116. The summed E-state index contributed by atoms with van der Waals surface area (Å²) in [7, 11) is 0. The summed E-state index contributed by atoms with van der Waals surface area (Å²) in [5, 5.41) is 2.43. The average Bonchev–Trinajstić information content (AvgIpc) is 2.98. The number of allylic oxidation sites excluding steroid dienone is 1. The largest absolute Gasteiger partial charge is 0.221 e. The van der Waals surface area contributed by atoms with Gasteiger partial charge in [-0.25, -0.2) is 4.39 Å². The van der Waals surface area contributed by atoms with Gasteiger partial charge in [0.1, 0.15) is 5.82 Å². The highest BCUT2D eigenvalue weighted by Crippen LogP contribution is 2.46. The molecule has 0 amide bonds. The molecular formula is C32H35FN+. The van der Waals surface area contributed by atoms with E-state index in [1.165, 1.54) is 32.8 Å². The summed E-state index contributed by atoms with van der Waals surface area (Å²) >= 11 is 0. The van der Waals surface area contributed by atoms with Crippen LogP contribution in [0.4, 0.5) is 4.39 Å². The van der Waals surface area contributed by atoms with Crippen molar-refractivity contribution in [3.05, 3.63) is 88.7 Å². The maximum atomic E-state index is 15.7. The fourth-order valence-corrected chi connectivity index (χ4v) is 6.63. The highest BCUT2D eigenvalue weighted by atomic mass is 19.1. The first-order valence-corrected chi connectivity index (χ1v) is 12.6. The van der Waals surface area contributed by atoms with Crippen LogP contribution in [0.25, 0.3) is 34.0 Å². The standard InChI is InChI=1S/C32H35FN/c1-7-23-24(21-14-12-11-13-15-21)20-34-30-27-22(18-19-32(34,9-3)10-4)16-17-26(33)29(27)31(5,6)25(8-2)28(23)30/h7-8,11-17,20H,2,9-10,18-19H2,1,3-6H3/q+1. The summed E-state index contributed by atoms with van der Waals surface area (Å²) in [6, 6.07) is 14.4. The smallest absolute Gasteiger partial charge is 0.207 e. The lowest BCUT2D eigenvalue weighted by Gasteiger charge is -2.35. The van der Waals surface area contributed by atoms with Crippen molar-refractivity contribution < 1.29 is 8.96 Å². The van der Waals surface area contributed by atoms with Crippen molar-refractivity contribution in [1.29, 1.82) is 0 Å². The van der Waals surface area contributed by atoms with Crippen molar-refractivity contribution in [3.63, 3.8) is 0 Å². The van der Waals surface area contributed by atoms with Gasteiger partial charge in [0.2, 0.25) is 5.69 Å². The van der Waals surface area contributed by atoms with E-state index >= 15 is 4.39 Å². The molecule has 3 aromatic rings. The molecule has 174 valence electrons. The number of halogens is 1. The molecule has 1 aliphatic heterocycles. The molecule has 2 heterocycles. The molecule has 5 rings (SSSR count). The number of aromatic nitrogens is 1. The molecule has 2 heteroatoms. The quantitative estimate of drug-likeness (QED) is 0.407. The fraction of sp³-hybridized carbons (Fsp3) is 0.344. The highest BCUT2D eigenvalue weighted by molar-refractivity contribution is 5.85. The monoisotopic (exact) mass is 452 g/mol. The van der Waals surface area contributed by atoms with E-state index in [1.54, 1.807) is 6.07 Å². The maximum absolute atomic E-state index is 15.7. The van der Waals surface area contributed by atoms with E-state index in [9.17, 15) is 0 Å². The lowest BCUT2D eigenvalue weighted by Crippen LogP contribution is -2.61. The van der Waals surface area contributed by atoms with E-state index in [-0.39, 0.29) is 11.4 Å². The summed E-state index contributed by atoms with van der Waals surface area (Å²) in [4.78, 5) is 0. The van der Waals surface area contributed by atoms with Crippen molar-refractivity contribution in [2.45, 2.75) is 71.3 Å². The second kappa shape index (κ2) is 8.05. The van der Waals surface area contributed by atoms with Crippen LogP contribution >= 0.6 is 0 Å². The van der Waals surface area contributed by atoms with Gasteiger partial charge in [0, 0.05) is 30.2 Å². The van der Waals surface area contributed by atoms with Gasteiger partial charge in [-0.2, -0.15) is 4.57 Å². The zero-order chi connectivity index (χ0) is 24.3. The average molecular weight is 453 g/mol. The van der Waals surface area contributed by atoms with Crippen molar-refractivity contribution in [1.82, 2.24) is 0 Å². The van der Waals surface area contributed by atoms with Gasteiger partial charge in [0.05, 0.1) is 16.3 Å². The number of hydrogen-bond donors (Lipinski definition) is 0. The first-order chi connectivity index (χ1) is 16.3. The van der Waals surface area contributed by atoms with Crippen molar-refractivity contribution in [2.24, 2.45) is 0 Å². The van der Waals surface area contributed by atoms with Gasteiger partial charge in [-0.05, 0) is 41.3 Å². The zero-order valence-corrected chi connectivity index (χ0v) is 21.1. The van der Waals surface area contributed by atoms with Crippen molar-refractivity contribution >= 4 is 11.6 Å². The summed E-state index contributed by atoms with van der Waals surface area (Å²) in [5.41, 5.74) is 7.39. The van der Waals surface area contributed by atoms with Crippen LogP contribution in [0.2, 0.25) is 0 Å². The Morgan fingerprint density at radius 1 is 1.06 bits per heavy atom. The molecule has 0 unspecified atom stereocenters. The SMILES string of the molecule is C=CC1=c2c3[n+](cc(-c4ccccc4)c2=CC)C(CC)(CC)CCc2ccc(F)c(c2-3)C1(C)C. The van der Waals surface area contributed by atoms with Gasteiger partial charge in [-0.1, -0.05) is 82.8 Å². The second-order valence-electron chi connectivity index (χ2n) is 10.3. The molecule has 1 aromatic heterocycles. The Morgan fingerprint density at radius 3 is 2.38 bits per heavy atom. The molecule has 0 spiro atoms. The van der Waals surface area contributed by atoms with Gasteiger partial charge in [-0.3, -0.25) is 0 Å². The Bertz CT molecular complexity index is 1420. The molecule has 0 atom stereocenters. The number of aryl methyl sites for hydroxylation is 1. The van der Waals surface area contributed by atoms with E-state index in [2.05, 4.69) is 88.4 Å². The topological polar surface area (TPSA) is 3.88 Å². The van der Waals surface area contributed by atoms with Crippen LogP contribution < -0.4 is 15.0 Å². The molecule has 0 saturated heterocycles. The minimum atomic E-state index is -0.486. The van der Waals surface area contributed by atoms with E-state index in [4.69, 9.17) is 0 Å². The van der Waals surface area contributed by atoms with Gasteiger partial charge >= 0.3 is 0 Å². The summed E-state index contributed by atoms with van der Waals surface area (Å²) in [6.45, 7) is 15.3. The summed E-state index contributed by atoms with van der Waals surface area (Å²) < 4.78 is 18.2. The van der Waals surface area contributed by atoms with Crippen LogP contribution in [-0.2, 0) is 17.4 Å². The van der Waals surface area contributed by atoms with Gasteiger partial charge < -0.3 is 0 Å². The predicted octanol–water partition coefficient (Wildman–Crippen LogP) is 6.34. The number of rotatable bonds is 4. The van der Waals surface area contributed by atoms with E-state index < -0.39 is 5.41 Å². The normalized spacial score (nSPS) is 17.8. The third-order valence-corrected chi connectivity index (χ3v) is 8.61. The minimum Gasteiger partial charge on any atom is -0.207 e. The lowest BCUT2D eigenvalue weighted by atomic mass is 9.69. The van der Waals surface area contributed by atoms with Crippen LogP contribution in [0.5, 0.6) is 0 Å². The summed E-state index contributed by atoms with van der Waals surface area (Å²) in [6.07, 6.45) is 10.6. The van der Waals surface area contributed by atoms with Crippen LogP contribution in [0.15, 0.2) is 61.3 Å². The minimum absolute atomic E-state index is 0.0274. The van der Waals surface area contributed by atoms with E-state index in [1.807, 2.05) is 12.1 Å². The molecular weight excluding hydrogens is 417 g/mol. The Balaban J connectivity index is 2.14. The van der Waals surface area contributed by atoms with Gasteiger partial charge in [-0.15, -0.1) is 0 Å². The number of hydrogen-bond acceptors (Lipinski definition) is 0. The number of benzene rings is 2. The number of pyridine rings is 1. The molecule has 0 saturated carbocycles. The zero-order valence-electron chi connectivity index (χ0n) is 21.1. The predicted molar refractivity (Wildman–Crippen MR) is 140 cm³/mol. The maximum Gasteiger partial charge on any atom is 0.221 e. The fourth-order valence-electron chi connectivity index (χ4n) is 6.63. The highest BCUT2D eigenvalue weighted by Gasteiger charge is 2.47. The lowest BCUT2D eigenvalue weighted by molar-refractivity contribution is -0.757. The van der Waals surface area contributed by atoms with E-state index in [0.717, 1.165) is 42.4 Å². The number of nitrogens with zero attached hydrogens (tertiary/aromatic N) is 1. The second-order valence-corrected chi connectivity index (χ2v) is 10.3. The van der Waals surface area contributed by atoms with Gasteiger partial charge in [0.25, 0.3) is 0 Å². The molecule has 0 N–H and O–H groups in total. The molecule has 0 fully saturated rings. The van der Waals surface area contributed by atoms with Crippen LogP contribution in [-0.4, -0.2) is 0 Å². The van der Waals surface area contributed by atoms with Crippen molar-refractivity contribution in [3.8, 4) is 22.4 Å². The molecule has 0 radical (unpaired) electrons. The van der Waals surface area contributed by atoms with Crippen molar-refractivity contribution in [2.75, 3.05) is 0 Å². The Hall–Kier alpha value is -3.00. The molecule has 2 aromatic carbocycles. The third kappa shape index (κ3) is 2.94. The molecule has 2 aliphatic rings. The third-order valence-electron chi connectivity index (χ3n) is 8.61. The molecule has 1 aliphatic carbocycles. The van der Waals surface area contributed by atoms with E-state index in [0.29, 0.717) is 0 Å². The molecule has 0 bridgehead atoms. The van der Waals surface area contributed by atoms with Crippen LogP contribution in [0, 0.1) is 5.82 Å². The molecule has 34 heavy (non-hydrogen) atoms. The Kier molecular flexibility index (Phi) is 5.39. The molecule has 1 nitrogen and oxygen atoms in total. The Morgan fingerprint density at radius 2 is 1.76 bits per heavy atom. The Labute approximate surface area is 203 Å². The first-order valence-electron chi connectivity index (χ1n) is 12.6.